The molecule has 0 saturated carbocycles. The molecule has 0 saturated heterocycles. The Hall–Kier alpha value is -2.39. The molecule has 0 amide bonds. The molecule has 1 aliphatic rings. The van der Waals surface area contributed by atoms with E-state index in [9.17, 15) is 35.6 Å². The number of halogens is 5. The van der Waals surface area contributed by atoms with E-state index < -0.39 is 48.8 Å². The van der Waals surface area contributed by atoms with Crippen LogP contribution >= 0.6 is 10.7 Å². The van der Waals surface area contributed by atoms with Crippen molar-refractivity contribution >= 4 is 25.4 Å². The van der Waals surface area contributed by atoms with Crippen LogP contribution in [-0.4, -0.2) is 22.6 Å². The third-order valence-electron chi connectivity index (χ3n) is 3.61. The maximum Gasteiger partial charge on any atom is 0.431 e. The lowest BCUT2D eigenvalue weighted by molar-refractivity contribution is -0.144. The summed E-state index contributed by atoms with van der Waals surface area (Å²) in [5.41, 5.74) is -5.19. The van der Waals surface area contributed by atoms with Crippen molar-refractivity contribution in [1.82, 2.24) is 9.13 Å². The Bertz CT molecular complexity index is 1090. The van der Waals surface area contributed by atoms with Crippen LogP contribution in [0.3, 0.4) is 0 Å². The van der Waals surface area contributed by atoms with Crippen LogP contribution in [0, 0.1) is 17.2 Å². The van der Waals surface area contributed by atoms with Crippen LogP contribution in [0.4, 0.5) is 17.6 Å². The molecule has 1 heterocycles. The van der Waals surface area contributed by atoms with E-state index in [1.807, 2.05) is 0 Å². The van der Waals surface area contributed by atoms with Crippen molar-refractivity contribution in [3.05, 3.63) is 50.8 Å². The zero-order valence-corrected chi connectivity index (χ0v) is 14.2. The molecule has 2 rings (SSSR count). The summed E-state index contributed by atoms with van der Waals surface area (Å²) in [5.74, 6) is -1.89. The van der Waals surface area contributed by atoms with Crippen molar-refractivity contribution in [2.45, 2.75) is 11.2 Å². The largest absolute Gasteiger partial charge is 0.431 e. The summed E-state index contributed by atoms with van der Waals surface area (Å²) in [6, 6.07) is 1.45. The molecular weight excluding hydrogens is 406 g/mol. The zero-order valence-electron chi connectivity index (χ0n) is 12.7. The number of nitriles is 1. The molecule has 1 aromatic heterocycles. The van der Waals surface area contributed by atoms with E-state index in [2.05, 4.69) is 0 Å². The first kappa shape index (κ1) is 19.9. The number of aromatic nitrogens is 2. The van der Waals surface area contributed by atoms with E-state index in [4.69, 9.17) is 15.9 Å². The zero-order chi connectivity index (χ0) is 20.1. The number of rotatable bonds is 2. The Labute approximate surface area is 147 Å². The normalized spacial score (nSPS) is 23.4. The molecule has 13 heteroatoms. The Morgan fingerprint density at radius 3 is 2.38 bits per heavy atom. The van der Waals surface area contributed by atoms with Crippen LogP contribution in [0.5, 0.6) is 0 Å². The van der Waals surface area contributed by atoms with Gasteiger partial charge in [-0.1, -0.05) is 6.08 Å². The Kier molecular flexibility index (Phi) is 4.67. The number of hydrogen-bond donors (Lipinski definition) is 0. The van der Waals surface area contributed by atoms with Gasteiger partial charge in [0.05, 0.1) is 11.8 Å². The summed E-state index contributed by atoms with van der Waals surface area (Å²) in [5, 5.41) is 5.39. The summed E-state index contributed by atoms with van der Waals surface area (Å²) in [6.07, 6.45) is -3.17. The molecular formula is C13H8ClF4N3O4S. The molecule has 2 atom stereocenters. The molecule has 0 aliphatic heterocycles. The van der Waals surface area contributed by atoms with Crippen molar-refractivity contribution in [2.24, 2.45) is 13.0 Å². The monoisotopic (exact) mass is 413 g/mol. The average molecular weight is 414 g/mol. The summed E-state index contributed by atoms with van der Waals surface area (Å²) in [7, 11) is 0.709. The van der Waals surface area contributed by atoms with Gasteiger partial charge in [-0.3, -0.25) is 9.36 Å². The molecule has 0 radical (unpaired) electrons. The van der Waals surface area contributed by atoms with Gasteiger partial charge in [-0.05, 0) is 12.2 Å². The van der Waals surface area contributed by atoms with Gasteiger partial charge in [-0.25, -0.2) is 22.2 Å². The van der Waals surface area contributed by atoms with E-state index in [0.717, 1.165) is 19.2 Å². The molecule has 140 valence electrons. The SMILES string of the molecule is Cn1c(C(F)(F)F)cc(=O)n(C2=CC(F)(S(=O)(=O)Cl)C(C#N)C=C2)c1=O. The van der Waals surface area contributed by atoms with E-state index in [1.54, 1.807) is 0 Å². The van der Waals surface area contributed by atoms with Gasteiger partial charge >= 0.3 is 11.9 Å². The maximum absolute atomic E-state index is 14.8. The quantitative estimate of drug-likeness (QED) is 0.538. The second-order valence-corrected chi connectivity index (χ2v) is 7.93. The lowest BCUT2D eigenvalue weighted by Crippen LogP contribution is -2.43. The van der Waals surface area contributed by atoms with Gasteiger partial charge in [0.15, 0.2) is 0 Å². The smallest absolute Gasteiger partial charge is 0.292 e. The Morgan fingerprint density at radius 1 is 1.35 bits per heavy atom. The lowest BCUT2D eigenvalue weighted by Gasteiger charge is -2.25. The van der Waals surface area contributed by atoms with Crippen LogP contribution in [0.1, 0.15) is 5.69 Å². The first-order valence-corrected chi connectivity index (χ1v) is 8.89. The van der Waals surface area contributed by atoms with E-state index in [0.29, 0.717) is 0 Å². The van der Waals surface area contributed by atoms with Gasteiger partial charge in [0.25, 0.3) is 19.6 Å². The van der Waals surface area contributed by atoms with Gasteiger partial charge in [0, 0.05) is 23.8 Å². The number of hydrogen-bond acceptors (Lipinski definition) is 5. The Balaban J connectivity index is 2.81. The third-order valence-corrected chi connectivity index (χ3v) is 5.44. The molecule has 1 aromatic rings. The minimum Gasteiger partial charge on any atom is -0.292 e. The van der Waals surface area contributed by atoms with E-state index in [-0.39, 0.29) is 21.3 Å². The summed E-state index contributed by atoms with van der Waals surface area (Å²) in [4.78, 5) is 24.1. The fourth-order valence-corrected chi connectivity index (χ4v) is 3.41. The fourth-order valence-electron chi connectivity index (χ4n) is 2.29. The predicted molar refractivity (Wildman–Crippen MR) is 82.1 cm³/mol. The average Bonchev–Trinajstić information content (AvgIpc) is 2.49. The summed E-state index contributed by atoms with van der Waals surface area (Å²) in [6.45, 7) is 0. The molecule has 26 heavy (non-hydrogen) atoms. The third kappa shape index (κ3) is 3.08. The number of allylic oxidation sites excluding steroid dienone is 3. The molecule has 0 N–H and O–H groups in total. The summed E-state index contributed by atoms with van der Waals surface area (Å²) < 4.78 is 76.6. The molecule has 0 bridgehead atoms. The van der Waals surface area contributed by atoms with Crippen molar-refractivity contribution in [3.63, 3.8) is 0 Å². The van der Waals surface area contributed by atoms with Crippen molar-refractivity contribution in [2.75, 3.05) is 0 Å². The first-order valence-electron chi connectivity index (χ1n) is 6.58. The number of nitrogens with zero attached hydrogens (tertiary/aromatic N) is 3. The fraction of sp³-hybridized carbons (Fsp3) is 0.308. The predicted octanol–water partition coefficient (Wildman–Crippen LogP) is 1.35. The van der Waals surface area contributed by atoms with E-state index in [1.165, 1.54) is 6.07 Å². The standard InChI is InChI=1S/C13H8ClF4N3O4S/c1-20-9(13(16,17)18)4-10(22)21(11(20)23)8-3-2-7(6-19)12(15,5-8)26(14,24)25/h2-5,7H,1H3. The van der Waals surface area contributed by atoms with E-state index >= 15 is 0 Å². The van der Waals surface area contributed by atoms with Crippen LogP contribution in [0.15, 0.2) is 33.9 Å². The highest BCUT2D eigenvalue weighted by atomic mass is 35.7. The summed E-state index contributed by atoms with van der Waals surface area (Å²) >= 11 is 0. The molecule has 0 aromatic carbocycles. The second kappa shape index (κ2) is 6.10. The molecule has 1 aliphatic carbocycles. The number of alkyl halides is 4. The minimum atomic E-state index is -5.04. The van der Waals surface area contributed by atoms with Gasteiger partial charge in [-0.15, -0.1) is 0 Å². The molecule has 0 spiro atoms. The molecule has 7 nitrogen and oxygen atoms in total. The maximum atomic E-state index is 14.8. The van der Waals surface area contributed by atoms with Crippen molar-refractivity contribution in [1.29, 1.82) is 5.26 Å². The second-order valence-electron chi connectivity index (χ2n) is 5.21. The molecule has 2 unspecified atom stereocenters. The van der Waals surface area contributed by atoms with Gasteiger partial charge in [0.2, 0.25) is 0 Å². The van der Waals surface area contributed by atoms with Crippen LogP contribution < -0.4 is 11.2 Å². The highest BCUT2D eigenvalue weighted by Gasteiger charge is 2.50. The minimum absolute atomic E-state index is 0.0988. The van der Waals surface area contributed by atoms with Crippen molar-refractivity contribution in [3.8, 4) is 6.07 Å². The Morgan fingerprint density at radius 2 is 1.92 bits per heavy atom. The first-order chi connectivity index (χ1) is 11.7. The highest BCUT2D eigenvalue weighted by molar-refractivity contribution is 8.14. The van der Waals surface area contributed by atoms with Crippen molar-refractivity contribution < 1.29 is 26.0 Å². The molecule has 0 fully saturated rings. The van der Waals surface area contributed by atoms with Crippen LogP contribution in [-0.2, 0) is 22.3 Å². The van der Waals surface area contributed by atoms with Crippen LogP contribution in [0.25, 0.3) is 5.70 Å². The van der Waals surface area contributed by atoms with Gasteiger partial charge < -0.3 is 0 Å². The van der Waals surface area contributed by atoms with Crippen LogP contribution in [0.2, 0.25) is 0 Å². The topological polar surface area (TPSA) is 102 Å². The lowest BCUT2D eigenvalue weighted by atomic mass is 9.98. The van der Waals surface area contributed by atoms with Gasteiger partial charge in [-0.2, -0.15) is 18.4 Å². The van der Waals surface area contributed by atoms with Gasteiger partial charge in [0.1, 0.15) is 11.6 Å². The highest BCUT2D eigenvalue weighted by Crippen LogP contribution is 2.38.